The maximum Gasteiger partial charge on any atom is 0.270 e. The van der Waals surface area contributed by atoms with Crippen molar-refractivity contribution in [3.63, 3.8) is 0 Å². The predicted octanol–water partition coefficient (Wildman–Crippen LogP) is 3.64. The molecule has 3 heterocycles. The lowest BCUT2D eigenvalue weighted by Crippen LogP contribution is -2.29. The summed E-state index contributed by atoms with van der Waals surface area (Å²) in [5.74, 6) is -0.210. The fourth-order valence-corrected chi connectivity index (χ4v) is 5.47. The van der Waals surface area contributed by atoms with Gasteiger partial charge in [0.05, 0.1) is 0 Å². The van der Waals surface area contributed by atoms with Gasteiger partial charge in [0.25, 0.3) is 5.91 Å². The number of nitrogens with zero attached hydrogens (tertiary/aromatic N) is 2. The Hall–Kier alpha value is -3.42. The molecule has 6 nitrogen and oxygen atoms in total. The molecule has 0 radical (unpaired) electrons. The Morgan fingerprint density at radius 3 is 2.06 bits per heavy atom. The van der Waals surface area contributed by atoms with Crippen LogP contribution in [-0.2, 0) is 10.0 Å². The minimum Gasteiger partial charge on any atom is -0.356 e. The second-order valence-electron chi connectivity index (χ2n) is 7.92. The predicted molar refractivity (Wildman–Crippen MR) is 124 cm³/mol. The van der Waals surface area contributed by atoms with Crippen LogP contribution in [0.5, 0.6) is 0 Å². The van der Waals surface area contributed by atoms with Crippen molar-refractivity contribution in [2.75, 3.05) is 26.2 Å². The fraction of sp³-hybridized carbons (Fsp3) is 0.160. The molecule has 0 bridgehead atoms. The normalized spacial score (nSPS) is 16.8. The molecular weight excluding hydrogens is 422 g/mol. The topological polar surface area (TPSA) is 73.5 Å². The van der Waals surface area contributed by atoms with E-state index in [4.69, 9.17) is 0 Å². The minimum atomic E-state index is -3.70. The Bertz CT molecular complexity index is 1310. The molecule has 0 atom stereocenters. The van der Waals surface area contributed by atoms with Crippen molar-refractivity contribution < 1.29 is 13.2 Å². The largest absolute Gasteiger partial charge is 0.356 e. The van der Waals surface area contributed by atoms with Gasteiger partial charge >= 0.3 is 0 Å². The number of aromatic nitrogens is 1. The molecule has 0 saturated carbocycles. The number of hydrogen-bond acceptors (Lipinski definition) is 3. The average molecular weight is 446 g/mol. The first-order valence-corrected chi connectivity index (χ1v) is 11.9. The molecule has 3 aromatic rings. The Labute approximate surface area is 187 Å². The summed E-state index contributed by atoms with van der Waals surface area (Å²) >= 11 is 0. The quantitative estimate of drug-likeness (QED) is 0.652. The summed E-state index contributed by atoms with van der Waals surface area (Å²) in [4.78, 5) is 17.7. The lowest BCUT2D eigenvalue weighted by Gasteiger charge is -2.16. The highest BCUT2D eigenvalue weighted by Crippen LogP contribution is 2.27. The smallest absolute Gasteiger partial charge is 0.270 e. The van der Waals surface area contributed by atoms with Crippen molar-refractivity contribution >= 4 is 27.1 Å². The second-order valence-corrected chi connectivity index (χ2v) is 9.86. The number of H-pyrrole nitrogens is 1. The first kappa shape index (κ1) is 20.5. The molecule has 7 heteroatoms. The number of amides is 1. The van der Waals surface area contributed by atoms with Gasteiger partial charge in [0, 0.05) is 32.4 Å². The van der Waals surface area contributed by atoms with E-state index in [0.717, 1.165) is 22.3 Å². The van der Waals surface area contributed by atoms with Crippen LogP contribution in [0.25, 0.3) is 11.1 Å². The van der Waals surface area contributed by atoms with E-state index in [0.29, 0.717) is 26.2 Å². The number of aromatic amines is 1. The van der Waals surface area contributed by atoms with E-state index >= 15 is 0 Å². The molecule has 1 amide bonds. The van der Waals surface area contributed by atoms with Crippen LogP contribution in [0.15, 0.2) is 90.0 Å². The van der Waals surface area contributed by atoms with Gasteiger partial charge in [0.15, 0.2) is 0 Å². The zero-order valence-electron chi connectivity index (χ0n) is 17.4. The summed E-state index contributed by atoms with van der Waals surface area (Å²) in [6.45, 7) is 1.63. The molecule has 1 aromatic heterocycles. The van der Waals surface area contributed by atoms with Gasteiger partial charge in [-0.25, -0.2) is 8.42 Å². The van der Waals surface area contributed by atoms with Crippen molar-refractivity contribution in [2.24, 2.45) is 0 Å². The Morgan fingerprint density at radius 1 is 0.812 bits per heavy atom. The van der Waals surface area contributed by atoms with Gasteiger partial charge in [0.2, 0.25) is 10.0 Å². The highest BCUT2D eigenvalue weighted by molar-refractivity contribution is 7.89. The van der Waals surface area contributed by atoms with Gasteiger partial charge in [-0.1, -0.05) is 72.8 Å². The number of nitrogens with one attached hydrogen (secondary N) is 1. The SMILES string of the molecule is O=C(c1cc(S(=O)(=O)N2CC=C(c3ccccc3)C2)c[nH]1)N1CC=C(c2ccccc2)C1. The second kappa shape index (κ2) is 8.26. The first-order valence-electron chi connectivity index (χ1n) is 10.5. The molecule has 5 rings (SSSR count). The average Bonchev–Trinajstić information content (AvgIpc) is 3.61. The molecular formula is C25H23N3O3S. The van der Waals surface area contributed by atoms with E-state index in [1.165, 1.54) is 16.6 Å². The fourth-order valence-electron chi connectivity index (χ4n) is 4.11. The van der Waals surface area contributed by atoms with E-state index in [1.807, 2.05) is 72.8 Å². The molecule has 0 unspecified atom stereocenters. The molecule has 32 heavy (non-hydrogen) atoms. The van der Waals surface area contributed by atoms with E-state index in [9.17, 15) is 13.2 Å². The summed E-state index contributed by atoms with van der Waals surface area (Å²) in [5, 5.41) is 0. The van der Waals surface area contributed by atoms with Crippen LogP contribution in [0.1, 0.15) is 21.6 Å². The van der Waals surface area contributed by atoms with E-state index in [-0.39, 0.29) is 16.5 Å². The van der Waals surface area contributed by atoms with Crippen LogP contribution >= 0.6 is 0 Å². The molecule has 0 spiro atoms. The molecule has 0 saturated heterocycles. The van der Waals surface area contributed by atoms with Gasteiger partial charge < -0.3 is 9.88 Å². The molecule has 2 aromatic carbocycles. The lowest BCUT2D eigenvalue weighted by atomic mass is 10.1. The van der Waals surface area contributed by atoms with E-state index in [1.54, 1.807) is 4.90 Å². The summed E-state index contributed by atoms with van der Waals surface area (Å²) in [6, 6.07) is 21.1. The first-order chi connectivity index (χ1) is 15.5. The summed E-state index contributed by atoms with van der Waals surface area (Å²) in [6.07, 6.45) is 5.38. The maximum absolute atomic E-state index is 13.1. The minimum absolute atomic E-state index is 0.110. The Morgan fingerprint density at radius 2 is 1.41 bits per heavy atom. The van der Waals surface area contributed by atoms with Gasteiger partial charge in [-0.05, 0) is 28.3 Å². The van der Waals surface area contributed by atoms with Crippen LogP contribution in [0.4, 0.5) is 0 Å². The molecule has 1 N–H and O–H groups in total. The number of benzene rings is 2. The third kappa shape index (κ3) is 3.81. The number of carbonyl (C=O) groups is 1. The molecule has 0 fully saturated rings. The summed E-state index contributed by atoms with van der Waals surface area (Å²) < 4.78 is 27.7. The molecule has 162 valence electrons. The Balaban J connectivity index is 1.27. The van der Waals surface area contributed by atoms with Crippen molar-refractivity contribution in [1.82, 2.24) is 14.2 Å². The van der Waals surface area contributed by atoms with Crippen LogP contribution in [0.3, 0.4) is 0 Å². The monoisotopic (exact) mass is 445 g/mol. The van der Waals surface area contributed by atoms with Gasteiger partial charge in [-0.2, -0.15) is 4.31 Å². The van der Waals surface area contributed by atoms with Crippen LogP contribution in [0.2, 0.25) is 0 Å². The van der Waals surface area contributed by atoms with Crippen molar-refractivity contribution in [3.05, 3.63) is 102 Å². The van der Waals surface area contributed by atoms with Gasteiger partial charge in [0.1, 0.15) is 10.6 Å². The van der Waals surface area contributed by atoms with Crippen molar-refractivity contribution in [2.45, 2.75) is 4.90 Å². The zero-order valence-corrected chi connectivity index (χ0v) is 18.3. The van der Waals surface area contributed by atoms with Crippen molar-refractivity contribution in [1.29, 1.82) is 0 Å². The zero-order chi connectivity index (χ0) is 22.1. The molecule has 0 aliphatic carbocycles. The third-order valence-corrected chi connectivity index (χ3v) is 7.70. The van der Waals surface area contributed by atoms with Gasteiger partial charge in [-0.3, -0.25) is 4.79 Å². The number of hydrogen-bond donors (Lipinski definition) is 1. The standard InChI is InChI=1S/C25H23N3O3S/c29-25(27-13-11-21(17-27)19-7-3-1-4-8-19)24-15-23(16-26-24)32(30,31)28-14-12-22(18-28)20-9-5-2-6-10-20/h1-12,15-16,26H,13-14,17-18H2. The van der Waals surface area contributed by atoms with E-state index in [2.05, 4.69) is 4.98 Å². The van der Waals surface area contributed by atoms with Crippen LogP contribution in [0, 0.1) is 0 Å². The Kier molecular flexibility index (Phi) is 5.28. The lowest BCUT2D eigenvalue weighted by molar-refractivity contribution is 0.0796. The number of rotatable bonds is 5. The van der Waals surface area contributed by atoms with Crippen molar-refractivity contribution in [3.8, 4) is 0 Å². The molecule has 2 aliphatic heterocycles. The maximum atomic E-state index is 13.1. The summed E-state index contributed by atoms with van der Waals surface area (Å²) in [5.41, 5.74) is 4.47. The number of sulfonamides is 1. The van der Waals surface area contributed by atoms with Gasteiger partial charge in [-0.15, -0.1) is 0 Å². The van der Waals surface area contributed by atoms with Crippen LogP contribution in [-0.4, -0.2) is 54.7 Å². The highest BCUT2D eigenvalue weighted by atomic mass is 32.2. The number of carbonyl (C=O) groups excluding carboxylic acids is 1. The van der Waals surface area contributed by atoms with Crippen LogP contribution < -0.4 is 0 Å². The third-order valence-electron chi connectivity index (χ3n) is 5.91. The van der Waals surface area contributed by atoms with E-state index < -0.39 is 10.0 Å². The summed E-state index contributed by atoms with van der Waals surface area (Å²) in [7, 11) is -3.70. The molecule has 2 aliphatic rings. The highest BCUT2D eigenvalue weighted by Gasteiger charge is 2.31.